The molecule has 0 saturated carbocycles. The van der Waals surface area contributed by atoms with Gasteiger partial charge in [-0.3, -0.25) is 14.0 Å². The van der Waals surface area contributed by atoms with Crippen molar-refractivity contribution in [2.75, 3.05) is 0 Å². The van der Waals surface area contributed by atoms with Crippen molar-refractivity contribution in [2.24, 2.45) is 12.8 Å². The summed E-state index contributed by atoms with van der Waals surface area (Å²) in [6.45, 7) is 1.75. The number of aromatic nitrogens is 4. The molecular weight excluding hydrogens is 369 g/mol. The fraction of sp³-hybridized carbons (Fsp3) is 0.136. The van der Waals surface area contributed by atoms with Gasteiger partial charge in [-0.25, -0.2) is 9.37 Å². The van der Waals surface area contributed by atoms with E-state index in [1.54, 1.807) is 43.2 Å². The highest BCUT2D eigenvalue weighted by molar-refractivity contribution is 5.85. The number of hydrogen-bond acceptors (Lipinski definition) is 4. The van der Waals surface area contributed by atoms with Gasteiger partial charge in [0.2, 0.25) is 0 Å². The number of hydrogen-bond donors (Lipinski definition) is 1. The molecule has 2 aromatic carbocycles. The van der Waals surface area contributed by atoms with Crippen LogP contribution < -0.4 is 11.3 Å². The van der Waals surface area contributed by atoms with Crippen LogP contribution in [0.5, 0.6) is 0 Å². The van der Waals surface area contributed by atoms with Crippen molar-refractivity contribution in [1.82, 2.24) is 19.3 Å². The van der Waals surface area contributed by atoms with Crippen molar-refractivity contribution in [3.05, 3.63) is 88.0 Å². The number of para-hydroxylation sites is 1. The maximum atomic E-state index is 14.7. The maximum absolute atomic E-state index is 14.7. The molecular formula is C22H18FN5O. The molecule has 2 aromatic heterocycles. The summed E-state index contributed by atoms with van der Waals surface area (Å²) in [5, 5.41) is 4.16. The van der Waals surface area contributed by atoms with E-state index in [0.29, 0.717) is 22.6 Å². The minimum atomic E-state index is -0.582. The first-order valence-electron chi connectivity index (χ1n) is 9.02. The van der Waals surface area contributed by atoms with Crippen LogP contribution in [-0.4, -0.2) is 19.3 Å². The smallest absolute Gasteiger partial charge is 0.267 e. The molecule has 0 saturated heterocycles. The molecule has 0 aliphatic rings. The van der Waals surface area contributed by atoms with E-state index in [0.717, 1.165) is 0 Å². The molecule has 0 radical (unpaired) electrons. The normalized spacial score (nSPS) is 11.9. The summed E-state index contributed by atoms with van der Waals surface area (Å²) in [6, 6.07) is 11.3. The zero-order chi connectivity index (χ0) is 20.5. The van der Waals surface area contributed by atoms with Gasteiger partial charge in [0, 0.05) is 13.2 Å². The summed E-state index contributed by atoms with van der Waals surface area (Å²) in [4.78, 5) is 18.0. The van der Waals surface area contributed by atoms with Crippen LogP contribution in [0, 0.1) is 17.7 Å². The third-order valence-electron chi connectivity index (χ3n) is 4.47. The standard InChI is InChI=1S/C22H18FN5O/c1-14(24)21-26-19-11-10-18(23)17(9-8-15-12-25-27(2)13-15)20(19)22(29)28(21)16-6-4-3-5-7-16/h3-7,10-14H,24H2,1-2H3/t14-/m0/s1. The first kappa shape index (κ1) is 18.6. The van der Waals surface area contributed by atoms with Gasteiger partial charge in [-0.05, 0) is 31.2 Å². The van der Waals surface area contributed by atoms with E-state index >= 15 is 0 Å². The Kier molecular flexibility index (Phi) is 4.71. The minimum absolute atomic E-state index is 0.00441. The number of halogens is 1. The number of benzene rings is 2. The van der Waals surface area contributed by atoms with Crippen molar-refractivity contribution in [2.45, 2.75) is 13.0 Å². The highest BCUT2D eigenvalue weighted by atomic mass is 19.1. The zero-order valence-electron chi connectivity index (χ0n) is 15.9. The molecule has 4 rings (SSSR count). The second-order valence-electron chi connectivity index (χ2n) is 6.70. The van der Waals surface area contributed by atoms with E-state index in [4.69, 9.17) is 5.73 Å². The Bertz CT molecular complexity index is 1330. The van der Waals surface area contributed by atoms with Crippen molar-refractivity contribution in [3.8, 4) is 17.5 Å². The lowest BCUT2D eigenvalue weighted by molar-refractivity contribution is 0.625. The zero-order valence-corrected chi connectivity index (χ0v) is 15.9. The van der Waals surface area contributed by atoms with Gasteiger partial charge < -0.3 is 5.73 Å². The molecule has 0 aliphatic carbocycles. The molecule has 1 atom stereocenters. The highest BCUT2D eigenvalue weighted by Crippen LogP contribution is 2.21. The van der Waals surface area contributed by atoms with Gasteiger partial charge in [-0.2, -0.15) is 5.10 Å². The first-order chi connectivity index (χ1) is 14.0. The van der Waals surface area contributed by atoms with Crippen molar-refractivity contribution < 1.29 is 4.39 Å². The third-order valence-corrected chi connectivity index (χ3v) is 4.47. The molecule has 0 fully saturated rings. The van der Waals surface area contributed by atoms with Gasteiger partial charge in [0.1, 0.15) is 11.6 Å². The summed E-state index contributed by atoms with van der Waals surface area (Å²) >= 11 is 0. The third kappa shape index (κ3) is 3.42. The molecule has 0 amide bonds. The topological polar surface area (TPSA) is 78.7 Å². The van der Waals surface area contributed by atoms with Crippen molar-refractivity contribution >= 4 is 10.9 Å². The lowest BCUT2D eigenvalue weighted by Gasteiger charge is -2.16. The van der Waals surface area contributed by atoms with Gasteiger partial charge in [-0.15, -0.1) is 0 Å². The minimum Gasteiger partial charge on any atom is -0.322 e. The summed E-state index contributed by atoms with van der Waals surface area (Å²) in [5.41, 5.74) is 7.25. The van der Waals surface area contributed by atoms with Gasteiger partial charge in [0.05, 0.1) is 40.0 Å². The Balaban J connectivity index is 2.05. The number of aryl methyl sites for hydroxylation is 1. The highest BCUT2D eigenvalue weighted by Gasteiger charge is 2.19. The quantitative estimate of drug-likeness (QED) is 0.537. The molecule has 7 heteroatoms. The first-order valence-corrected chi connectivity index (χ1v) is 9.02. The molecule has 0 spiro atoms. The largest absolute Gasteiger partial charge is 0.322 e. The summed E-state index contributed by atoms with van der Waals surface area (Å²) in [5.74, 6) is 5.47. The van der Waals surface area contributed by atoms with Gasteiger partial charge in [0.25, 0.3) is 5.56 Å². The molecule has 6 nitrogen and oxygen atoms in total. The number of fused-ring (bicyclic) bond motifs is 1. The van der Waals surface area contributed by atoms with Gasteiger partial charge in [-0.1, -0.05) is 30.0 Å². The Morgan fingerprint density at radius 1 is 1.14 bits per heavy atom. The number of nitrogens with zero attached hydrogens (tertiary/aromatic N) is 4. The lowest BCUT2D eigenvalue weighted by Crippen LogP contribution is -2.28. The van der Waals surface area contributed by atoms with E-state index < -0.39 is 17.4 Å². The van der Waals surface area contributed by atoms with E-state index in [2.05, 4.69) is 21.9 Å². The van der Waals surface area contributed by atoms with Crippen molar-refractivity contribution in [1.29, 1.82) is 0 Å². The Morgan fingerprint density at radius 3 is 2.55 bits per heavy atom. The molecule has 0 unspecified atom stereocenters. The van der Waals surface area contributed by atoms with Crippen LogP contribution in [0.25, 0.3) is 16.6 Å². The number of nitrogens with two attached hydrogens (primary N) is 1. The van der Waals surface area contributed by atoms with Crippen LogP contribution in [0.1, 0.15) is 29.9 Å². The second-order valence-corrected chi connectivity index (χ2v) is 6.70. The Morgan fingerprint density at radius 2 is 1.90 bits per heavy atom. The van der Waals surface area contributed by atoms with Crippen LogP contribution in [0.4, 0.5) is 4.39 Å². The van der Waals surface area contributed by atoms with Crippen LogP contribution in [-0.2, 0) is 7.05 Å². The summed E-state index contributed by atoms with van der Waals surface area (Å²) in [6.07, 6.45) is 3.29. The van der Waals surface area contributed by atoms with Crippen LogP contribution in [0.15, 0.2) is 59.7 Å². The van der Waals surface area contributed by atoms with E-state index in [9.17, 15) is 9.18 Å². The van der Waals surface area contributed by atoms with Gasteiger partial charge >= 0.3 is 0 Å². The molecule has 0 aliphatic heterocycles. The lowest BCUT2D eigenvalue weighted by atomic mass is 10.1. The molecule has 4 aromatic rings. The second kappa shape index (κ2) is 7.34. The summed E-state index contributed by atoms with van der Waals surface area (Å²) in [7, 11) is 1.77. The fourth-order valence-corrected chi connectivity index (χ4v) is 3.14. The summed E-state index contributed by atoms with van der Waals surface area (Å²) < 4.78 is 17.7. The molecule has 144 valence electrons. The average Bonchev–Trinajstić information content (AvgIpc) is 3.13. The predicted octanol–water partition coefficient (Wildman–Crippen LogP) is 2.68. The Hall–Kier alpha value is -3.76. The van der Waals surface area contributed by atoms with E-state index in [-0.39, 0.29) is 10.9 Å². The van der Waals surface area contributed by atoms with Crippen molar-refractivity contribution in [3.63, 3.8) is 0 Å². The maximum Gasteiger partial charge on any atom is 0.267 e. The molecule has 0 bridgehead atoms. The average molecular weight is 387 g/mol. The van der Waals surface area contributed by atoms with E-state index in [1.165, 1.54) is 16.7 Å². The van der Waals surface area contributed by atoms with E-state index in [1.807, 2.05) is 18.2 Å². The molecule has 29 heavy (non-hydrogen) atoms. The molecule has 2 heterocycles. The van der Waals surface area contributed by atoms with Crippen LogP contribution in [0.3, 0.4) is 0 Å². The SMILES string of the molecule is C[C@H](N)c1nc2ccc(F)c(C#Cc3cnn(C)c3)c2c(=O)n1-c1ccccc1. The van der Waals surface area contributed by atoms with Gasteiger partial charge in [0.15, 0.2) is 0 Å². The molecule has 2 N–H and O–H groups in total. The Labute approximate surface area is 166 Å². The van der Waals surface area contributed by atoms with Crippen LogP contribution in [0.2, 0.25) is 0 Å². The fourth-order valence-electron chi connectivity index (χ4n) is 3.14. The number of rotatable bonds is 2. The predicted molar refractivity (Wildman–Crippen MR) is 109 cm³/mol. The monoisotopic (exact) mass is 387 g/mol. The van der Waals surface area contributed by atoms with Crippen LogP contribution >= 0.6 is 0 Å².